The Balaban J connectivity index is 3.28. The molecule has 3 heteroatoms. The summed E-state index contributed by atoms with van der Waals surface area (Å²) in [6.45, 7) is 15.8. The van der Waals surface area contributed by atoms with Crippen molar-refractivity contribution < 1.29 is 0 Å². The molecule has 0 saturated carbocycles. The molecule has 0 spiro atoms. The topological polar surface area (TPSA) is 37.8 Å². The molecule has 0 bridgehead atoms. The van der Waals surface area contributed by atoms with Crippen LogP contribution in [0.25, 0.3) is 0 Å². The number of aromatic nitrogens is 2. The Labute approximate surface area is 111 Å². The van der Waals surface area contributed by atoms with E-state index in [2.05, 4.69) is 53.6 Å². The zero-order valence-corrected chi connectivity index (χ0v) is 12.9. The van der Waals surface area contributed by atoms with Gasteiger partial charge in [0, 0.05) is 23.2 Å². The SMILES string of the molecule is CC(C)Cc1c(C(C)(C)C)[nH]n(CC(C)C)c1=O. The van der Waals surface area contributed by atoms with Crippen LogP contribution in [0, 0.1) is 11.8 Å². The fraction of sp³-hybridized carbons (Fsp3) is 0.800. The molecule has 0 aliphatic carbocycles. The first kappa shape index (κ1) is 15.1. The van der Waals surface area contributed by atoms with Crippen LogP contribution in [-0.4, -0.2) is 9.78 Å². The third-order valence-corrected chi connectivity index (χ3v) is 2.96. The van der Waals surface area contributed by atoms with Gasteiger partial charge in [-0.2, -0.15) is 0 Å². The van der Waals surface area contributed by atoms with Gasteiger partial charge in [-0.05, 0) is 18.3 Å². The molecule has 0 aromatic carbocycles. The Morgan fingerprint density at radius 1 is 1.11 bits per heavy atom. The molecule has 0 atom stereocenters. The van der Waals surface area contributed by atoms with Gasteiger partial charge in [-0.3, -0.25) is 14.6 Å². The van der Waals surface area contributed by atoms with Gasteiger partial charge in [0.05, 0.1) is 0 Å². The van der Waals surface area contributed by atoms with E-state index < -0.39 is 0 Å². The lowest BCUT2D eigenvalue weighted by Gasteiger charge is -2.19. The molecule has 0 unspecified atom stereocenters. The minimum Gasteiger partial charge on any atom is -0.299 e. The molecule has 1 N–H and O–H groups in total. The van der Waals surface area contributed by atoms with Gasteiger partial charge in [0.1, 0.15) is 0 Å². The fourth-order valence-electron chi connectivity index (χ4n) is 2.23. The van der Waals surface area contributed by atoms with Crippen molar-refractivity contribution in [3.63, 3.8) is 0 Å². The summed E-state index contributed by atoms with van der Waals surface area (Å²) < 4.78 is 1.78. The second-order valence-electron chi connectivity index (χ2n) is 7.12. The van der Waals surface area contributed by atoms with Crippen LogP contribution in [0.4, 0.5) is 0 Å². The van der Waals surface area contributed by atoms with E-state index in [9.17, 15) is 4.79 Å². The summed E-state index contributed by atoms with van der Waals surface area (Å²) in [5.74, 6) is 0.975. The maximum atomic E-state index is 12.4. The highest BCUT2D eigenvalue weighted by atomic mass is 16.1. The van der Waals surface area contributed by atoms with Gasteiger partial charge in [0.2, 0.25) is 0 Å². The van der Waals surface area contributed by atoms with Crippen molar-refractivity contribution in [2.45, 2.75) is 66.8 Å². The summed E-state index contributed by atoms with van der Waals surface area (Å²) in [5.41, 5.74) is 2.23. The van der Waals surface area contributed by atoms with Gasteiger partial charge < -0.3 is 0 Å². The van der Waals surface area contributed by atoms with Crippen LogP contribution < -0.4 is 5.56 Å². The Kier molecular flexibility index (Phi) is 4.46. The number of aromatic amines is 1. The summed E-state index contributed by atoms with van der Waals surface area (Å²) >= 11 is 0. The third-order valence-electron chi connectivity index (χ3n) is 2.96. The Morgan fingerprint density at radius 2 is 1.67 bits per heavy atom. The molecule has 104 valence electrons. The molecule has 0 radical (unpaired) electrons. The van der Waals surface area contributed by atoms with E-state index in [4.69, 9.17) is 0 Å². The monoisotopic (exact) mass is 252 g/mol. The lowest BCUT2D eigenvalue weighted by molar-refractivity contribution is 0.457. The molecule has 1 aromatic heterocycles. The Hall–Kier alpha value is -0.990. The van der Waals surface area contributed by atoms with Crippen LogP contribution in [0.2, 0.25) is 0 Å². The van der Waals surface area contributed by atoms with E-state index >= 15 is 0 Å². The van der Waals surface area contributed by atoms with Crippen LogP contribution >= 0.6 is 0 Å². The molecule has 1 rings (SSSR count). The van der Waals surface area contributed by atoms with E-state index in [1.165, 1.54) is 0 Å². The first-order chi connectivity index (χ1) is 8.12. The minimum absolute atomic E-state index is 0.00832. The second kappa shape index (κ2) is 5.33. The quantitative estimate of drug-likeness (QED) is 0.877. The predicted molar refractivity (Wildman–Crippen MR) is 77.1 cm³/mol. The maximum Gasteiger partial charge on any atom is 0.269 e. The molecule has 3 nitrogen and oxygen atoms in total. The Bertz CT molecular complexity index is 444. The number of H-pyrrole nitrogens is 1. The van der Waals surface area contributed by atoms with E-state index in [0.717, 1.165) is 24.2 Å². The molecule has 18 heavy (non-hydrogen) atoms. The van der Waals surface area contributed by atoms with Crippen LogP contribution in [0.1, 0.15) is 59.7 Å². The lowest BCUT2D eigenvalue weighted by Crippen LogP contribution is -2.22. The molecule has 1 heterocycles. The molecular formula is C15H28N2O. The van der Waals surface area contributed by atoms with E-state index in [-0.39, 0.29) is 11.0 Å². The highest BCUT2D eigenvalue weighted by Gasteiger charge is 2.24. The number of rotatable bonds is 4. The maximum absolute atomic E-state index is 12.4. The van der Waals surface area contributed by atoms with E-state index in [0.29, 0.717) is 11.8 Å². The zero-order valence-electron chi connectivity index (χ0n) is 12.9. The van der Waals surface area contributed by atoms with Gasteiger partial charge in [0.25, 0.3) is 5.56 Å². The van der Waals surface area contributed by atoms with Crippen LogP contribution in [0.5, 0.6) is 0 Å². The molecular weight excluding hydrogens is 224 g/mol. The average Bonchev–Trinajstić information content (AvgIpc) is 2.44. The third kappa shape index (κ3) is 3.50. The van der Waals surface area contributed by atoms with Gasteiger partial charge in [-0.15, -0.1) is 0 Å². The summed E-state index contributed by atoms with van der Waals surface area (Å²) in [6.07, 6.45) is 0.854. The highest BCUT2D eigenvalue weighted by molar-refractivity contribution is 5.24. The van der Waals surface area contributed by atoms with Crippen molar-refractivity contribution in [2.24, 2.45) is 11.8 Å². The second-order valence-corrected chi connectivity index (χ2v) is 7.12. The normalized spacial score (nSPS) is 12.7. The molecule has 0 amide bonds. The van der Waals surface area contributed by atoms with Crippen molar-refractivity contribution in [1.29, 1.82) is 0 Å². The summed E-state index contributed by atoms with van der Waals surface area (Å²) in [4.78, 5) is 12.4. The van der Waals surface area contributed by atoms with Gasteiger partial charge >= 0.3 is 0 Å². The zero-order chi connectivity index (χ0) is 14.1. The number of nitrogens with one attached hydrogen (secondary N) is 1. The first-order valence-electron chi connectivity index (χ1n) is 6.95. The molecule has 0 aliphatic rings. The van der Waals surface area contributed by atoms with Crippen molar-refractivity contribution in [1.82, 2.24) is 9.78 Å². The van der Waals surface area contributed by atoms with Crippen LogP contribution in [-0.2, 0) is 18.4 Å². The number of hydrogen-bond donors (Lipinski definition) is 1. The summed E-state index contributed by atoms with van der Waals surface area (Å²) in [5, 5.41) is 3.33. The van der Waals surface area contributed by atoms with Gasteiger partial charge in [0.15, 0.2) is 0 Å². The van der Waals surface area contributed by atoms with Crippen molar-refractivity contribution in [2.75, 3.05) is 0 Å². The minimum atomic E-state index is -0.00832. The molecule has 0 aliphatic heterocycles. The van der Waals surface area contributed by atoms with Crippen LogP contribution in [0.15, 0.2) is 4.79 Å². The number of hydrogen-bond acceptors (Lipinski definition) is 1. The number of nitrogens with zero attached hydrogens (tertiary/aromatic N) is 1. The van der Waals surface area contributed by atoms with Crippen LogP contribution in [0.3, 0.4) is 0 Å². The van der Waals surface area contributed by atoms with Gasteiger partial charge in [-0.1, -0.05) is 48.5 Å². The predicted octanol–water partition coefficient (Wildman–Crippen LogP) is 3.33. The molecule has 0 fully saturated rings. The highest BCUT2D eigenvalue weighted by Crippen LogP contribution is 2.24. The van der Waals surface area contributed by atoms with Crippen molar-refractivity contribution in [3.05, 3.63) is 21.6 Å². The summed E-state index contributed by atoms with van der Waals surface area (Å²) in [6, 6.07) is 0. The molecule has 1 aromatic rings. The fourth-order valence-corrected chi connectivity index (χ4v) is 2.23. The summed E-state index contributed by atoms with van der Waals surface area (Å²) in [7, 11) is 0. The van der Waals surface area contributed by atoms with E-state index in [1.54, 1.807) is 4.68 Å². The van der Waals surface area contributed by atoms with E-state index in [1.807, 2.05) is 0 Å². The molecule has 0 saturated heterocycles. The van der Waals surface area contributed by atoms with Gasteiger partial charge in [-0.25, -0.2) is 0 Å². The Morgan fingerprint density at radius 3 is 2.06 bits per heavy atom. The first-order valence-corrected chi connectivity index (χ1v) is 6.95. The van der Waals surface area contributed by atoms with Crippen molar-refractivity contribution >= 4 is 0 Å². The van der Waals surface area contributed by atoms with Crippen molar-refractivity contribution in [3.8, 4) is 0 Å². The largest absolute Gasteiger partial charge is 0.299 e. The smallest absolute Gasteiger partial charge is 0.269 e. The lowest BCUT2D eigenvalue weighted by atomic mass is 9.87. The standard InChI is InChI=1S/C15H28N2O/c1-10(2)8-12-13(15(5,6)7)16-17(14(12)18)9-11(3)4/h10-11,16H,8-9H2,1-7H3. The average molecular weight is 252 g/mol.